The summed E-state index contributed by atoms with van der Waals surface area (Å²) in [5, 5.41) is 0. The quantitative estimate of drug-likeness (QED) is 0.684. The third-order valence-electron chi connectivity index (χ3n) is 1.83. The van der Waals surface area contributed by atoms with Crippen molar-refractivity contribution in [2.45, 2.75) is 33.7 Å². The lowest BCUT2D eigenvalue weighted by Gasteiger charge is -2.19. The Hall–Kier alpha value is -0.620. The molecule has 0 unspecified atom stereocenters. The molecular weight excluding hydrogens is 216 g/mol. The molecule has 1 atom stereocenters. The molecule has 0 fully saturated rings. The Morgan fingerprint density at radius 2 is 1.73 bits per heavy atom. The van der Waals surface area contributed by atoms with E-state index in [0.717, 1.165) is 0 Å². The summed E-state index contributed by atoms with van der Waals surface area (Å²) in [5.41, 5.74) is 5.11. The van der Waals surface area contributed by atoms with Gasteiger partial charge in [-0.05, 0) is 11.8 Å². The molecular formula is C9H20N2O3S. The van der Waals surface area contributed by atoms with Crippen molar-refractivity contribution in [3.63, 3.8) is 0 Å². The molecule has 15 heavy (non-hydrogen) atoms. The maximum absolute atomic E-state index is 11.5. The average Bonchev–Trinajstić information content (AvgIpc) is 1.96. The number of primary amides is 1. The first kappa shape index (κ1) is 14.4. The van der Waals surface area contributed by atoms with Crippen molar-refractivity contribution in [1.82, 2.24) is 4.72 Å². The van der Waals surface area contributed by atoms with Gasteiger partial charge in [-0.3, -0.25) is 4.79 Å². The Morgan fingerprint density at radius 1 is 1.27 bits per heavy atom. The fourth-order valence-electron chi connectivity index (χ4n) is 1.20. The number of rotatable bonds is 6. The van der Waals surface area contributed by atoms with Crippen LogP contribution in [0.25, 0.3) is 0 Å². The summed E-state index contributed by atoms with van der Waals surface area (Å²) in [4.78, 5) is 11.0. The number of carbonyl (C=O) groups is 1. The third-order valence-corrected chi connectivity index (χ3v) is 3.55. The summed E-state index contributed by atoms with van der Waals surface area (Å²) < 4.78 is 25.4. The van der Waals surface area contributed by atoms with Gasteiger partial charge in [0, 0.05) is 0 Å². The van der Waals surface area contributed by atoms with Gasteiger partial charge in [0.1, 0.15) is 6.04 Å². The van der Waals surface area contributed by atoms with Crippen molar-refractivity contribution in [1.29, 1.82) is 0 Å². The number of hydrogen-bond donors (Lipinski definition) is 2. The molecule has 90 valence electrons. The van der Waals surface area contributed by atoms with Crippen LogP contribution < -0.4 is 10.5 Å². The highest BCUT2D eigenvalue weighted by Gasteiger charge is 2.25. The van der Waals surface area contributed by atoms with Crippen molar-refractivity contribution in [3.05, 3.63) is 0 Å². The Kier molecular flexibility index (Phi) is 5.23. The van der Waals surface area contributed by atoms with Gasteiger partial charge in [0.25, 0.3) is 0 Å². The highest BCUT2D eigenvalue weighted by atomic mass is 32.2. The number of carbonyl (C=O) groups excluding carboxylic acids is 1. The SMILES string of the molecule is CC(C)CS(=O)(=O)N[C@@H](C(N)=O)C(C)C. The van der Waals surface area contributed by atoms with Gasteiger partial charge in [-0.15, -0.1) is 0 Å². The fourth-order valence-corrected chi connectivity index (χ4v) is 2.95. The second-order valence-corrected chi connectivity index (χ2v) is 6.22. The minimum atomic E-state index is -3.42. The first-order chi connectivity index (χ1) is 6.65. The number of amides is 1. The van der Waals surface area contributed by atoms with Crippen molar-refractivity contribution >= 4 is 15.9 Å². The van der Waals surface area contributed by atoms with E-state index in [-0.39, 0.29) is 17.6 Å². The average molecular weight is 236 g/mol. The van der Waals surface area contributed by atoms with Crippen LogP contribution in [0, 0.1) is 11.8 Å². The van der Waals surface area contributed by atoms with E-state index in [4.69, 9.17) is 5.73 Å². The van der Waals surface area contributed by atoms with Gasteiger partial charge in [-0.25, -0.2) is 13.1 Å². The summed E-state index contributed by atoms with van der Waals surface area (Å²) in [5.74, 6) is -0.770. The van der Waals surface area contributed by atoms with Gasteiger partial charge in [-0.1, -0.05) is 27.7 Å². The number of nitrogens with two attached hydrogens (primary N) is 1. The maximum Gasteiger partial charge on any atom is 0.235 e. The topological polar surface area (TPSA) is 89.3 Å². The first-order valence-corrected chi connectivity index (χ1v) is 6.60. The lowest BCUT2D eigenvalue weighted by molar-refractivity contribution is -0.120. The van der Waals surface area contributed by atoms with Crippen molar-refractivity contribution in [2.24, 2.45) is 17.6 Å². The Bertz CT molecular complexity index is 309. The van der Waals surface area contributed by atoms with E-state index < -0.39 is 22.0 Å². The predicted octanol–water partition coefficient (Wildman–Crippen LogP) is 0.0717. The highest BCUT2D eigenvalue weighted by molar-refractivity contribution is 7.89. The molecule has 0 bridgehead atoms. The van der Waals surface area contributed by atoms with Crippen molar-refractivity contribution < 1.29 is 13.2 Å². The minimum absolute atomic E-state index is 0.00347. The highest BCUT2D eigenvalue weighted by Crippen LogP contribution is 2.05. The van der Waals surface area contributed by atoms with Crippen LogP contribution in [0.5, 0.6) is 0 Å². The number of sulfonamides is 1. The van der Waals surface area contributed by atoms with Crippen LogP contribution in [0.1, 0.15) is 27.7 Å². The summed E-state index contributed by atoms with van der Waals surface area (Å²) >= 11 is 0. The maximum atomic E-state index is 11.5. The minimum Gasteiger partial charge on any atom is -0.368 e. The standard InChI is InChI=1S/C9H20N2O3S/c1-6(2)5-15(13,14)11-8(7(3)4)9(10)12/h6-8,11H,5H2,1-4H3,(H2,10,12)/t8-/m1/s1. The predicted molar refractivity (Wildman–Crippen MR) is 59.6 cm³/mol. The largest absolute Gasteiger partial charge is 0.368 e. The van der Waals surface area contributed by atoms with Crippen LogP contribution in [-0.2, 0) is 14.8 Å². The summed E-state index contributed by atoms with van der Waals surface area (Å²) in [7, 11) is -3.42. The second-order valence-electron chi connectivity index (χ2n) is 4.42. The van der Waals surface area contributed by atoms with E-state index in [1.165, 1.54) is 0 Å². The van der Waals surface area contributed by atoms with Gasteiger partial charge >= 0.3 is 0 Å². The van der Waals surface area contributed by atoms with Crippen molar-refractivity contribution in [2.75, 3.05) is 5.75 Å². The van der Waals surface area contributed by atoms with Crippen LogP contribution in [0.2, 0.25) is 0 Å². The van der Waals surface area contributed by atoms with Gasteiger partial charge < -0.3 is 5.73 Å². The smallest absolute Gasteiger partial charge is 0.235 e. The van der Waals surface area contributed by atoms with Gasteiger partial charge in [0.2, 0.25) is 15.9 Å². The Balaban J connectivity index is 4.61. The monoisotopic (exact) mass is 236 g/mol. The molecule has 3 N–H and O–H groups in total. The molecule has 0 rings (SSSR count). The first-order valence-electron chi connectivity index (χ1n) is 4.95. The molecule has 5 nitrogen and oxygen atoms in total. The molecule has 0 aliphatic carbocycles. The van der Waals surface area contributed by atoms with Gasteiger partial charge in [0.15, 0.2) is 0 Å². The summed E-state index contributed by atoms with van der Waals surface area (Å²) in [6.07, 6.45) is 0. The second kappa shape index (κ2) is 5.46. The molecule has 0 aliphatic rings. The van der Waals surface area contributed by atoms with E-state index in [2.05, 4.69) is 4.72 Å². The lowest BCUT2D eigenvalue weighted by Crippen LogP contribution is -2.48. The number of nitrogens with one attached hydrogen (secondary N) is 1. The van der Waals surface area contributed by atoms with Crippen LogP contribution in [0.15, 0.2) is 0 Å². The fraction of sp³-hybridized carbons (Fsp3) is 0.889. The molecule has 6 heteroatoms. The third kappa shape index (κ3) is 5.74. The van der Waals surface area contributed by atoms with Crippen LogP contribution in [0.3, 0.4) is 0 Å². The molecule has 0 aromatic rings. The number of hydrogen-bond acceptors (Lipinski definition) is 3. The normalized spacial score (nSPS) is 14.5. The molecule has 0 saturated carbocycles. The van der Waals surface area contributed by atoms with Crippen molar-refractivity contribution in [3.8, 4) is 0 Å². The molecule has 0 aromatic heterocycles. The molecule has 0 aromatic carbocycles. The summed E-state index contributed by atoms with van der Waals surface area (Å²) in [6, 6.07) is -0.825. The van der Waals surface area contributed by atoms with Gasteiger partial charge in [-0.2, -0.15) is 0 Å². The zero-order valence-corrected chi connectivity index (χ0v) is 10.5. The van der Waals surface area contributed by atoms with E-state index >= 15 is 0 Å². The van der Waals surface area contributed by atoms with E-state index in [9.17, 15) is 13.2 Å². The molecule has 1 amide bonds. The van der Waals surface area contributed by atoms with Crippen LogP contribution >= 0.6 is 0 Å². The zero-order valence-electron chi connectivity index (χ0n) is 9.65. The molecule has 0 saturated heterocycles. The van der Waals surface area contributed by atoms with Gasteiger partial charge in [0.05, 0.1) is 5.75 Å². The molecule has 0 heterocycles. The van der Waals surface area contributed by atoms with E-state index in [0.29, 0.717) is 0 Å². The van der Waals surface area contributed by atoms with E-state index in [1.807, 2.05) is 0 Å². The van der Waals surface area contributed by atoms with Crippen LogP contribution in [-0.4, -0.2) is 26.1 Å². The molecule has 0 radical (unpaired) electrons. The van der Waals surface area contributed by atoms with Crippen LogP contribution in [0.4, 0.5) is 0 Å². The zero-order chi connectivity index (χ0) is 12.2. The Morgan fingerprint density at radius 3 is 2.00 bits per heavy atom. The molecule has 0 spiro atoms. The van der Waals surface area contributed by atoms with E-state index in [1.54, 1.807) is 27.7 Å². The summed E-state index contributed by atoms with van der Waals surface area (Å²) in [6.45, 7) is 7.09. The molecule has 0 aliphatic heterocycles. The lowest BCUT2D eigenvalue weighted by atomic mass is 10.1. The Labute approximate surface area is 91.5 Å².